The van der Waals surface area contributed by atoms with E-state index >= 15 is 0 Å². The maximum Gasteiger partial charge on any atom is 0.203 e. The first-order chi connectivity index (χ1) is 8.29. The molecule has 1 heterocycles. The fraction of sp³-hybridized carbons (Fsp3) is 0.538. The van der Waals surface area contributed by atoms with E-state index in [-0.39, 0.29) is 5.54 Å². The number of nitrogens with one attached hydrogen (secondary N) is 1. The van der Waals surface area contributed by atoms with Crippen molar-refractivity contribution in [3.05, 3.63) is 17.7 Å². The molecule has 4 nitrogen and oxygen atoms in total. The minimum absolute atomic E-state index is 0.114. The number of rotatable bonds is 3. The summed E-state index contributed by atoms with van der Waals surface area (Å²) >= 11 is 0. The summed E-state index contributed by atoms with van der Waals surface area (Å²) in [6.45, 7) is 1.19. The first-order valence-corrected chi connectivity index (χ1v) is 5.96. The van der Waals surface area contributed by atoms with Crippen LogP contribution in [0.15, 0.2) is 12.1 Å². The van der Waals surface area contributed by atoms with Crippen LogP contribution in [0.2, 0.25) is 0 Å². The third-order valence-electron chi connectivity index (χ3n) is 3.61. The Morgan fingerprint density at radius 1 is 1.24 bits per heavy atom. The Balaban J connectivity index is 2.06. The van der Waals surface area contributed by atoms with E-state index in [4.69, 9.17) is 14.2 Å². The summed E-state index contributed by atoms with van der Waals surface area (Å²) in [6, 6.07) is 4.12. The average molecular weight is 235 g/mol. The maximum atomic E-state index is 5.64. The van der Waals surface area contributed by atoms with E-state index < -0.39 is 0 Å². The fourth-order valence-electron chi connectivity index (χ4n) is 2.36. The lowest BCUT2D eigenvalue weighted by Crippen LogP contribution is -2.25. The number of fused-ring (bicyclic) bond motifs is 1. The second-order valence-electron chi connectivity index (χ2n) is 4.53. The lowest BCUT2D eigenvalue weighted by molar-refractivity contribution is 0.164. The van der Waals surface area contributed by atoms with Crippen molar-refractivity contribution in [3.8, 4) is 17.2 Å². The summed E-state index contributed by atoms with van der Waals surface area (Å²) in [6.07, 6.45) is 2.32. The monoisotopic (exact) mass is 235 g/mol. The molecule has 1 aromatic rings. The van der Waals surface area contributed by atoms with Gasteiger partial charge in [0.2, 0.25) is 5.75 Å². The van der Waals surface area contributed by atoms with Crippen molar-refractivity contribution in [2.24, 2.45) is 0 Å². The van der Waals surface area contributed by atoms with Gasteiger partial charge in [-0.15, -0.1) is 0 Å². The standard InChI is InChI=1S/C13H17NO3/c1-14-13(3-4-13)9-7-10(15-2)12-11(8-9)16-5-6-17-12/h7-8,14H,3-6H2,1-2H3. The van der Waals surface area contributed by atoms with Gasteiger partial charge in [-0.2, -0.15) is 0 Å². The van der Waals surface area contributed by atoms with Crippen LogP contribution in [0.25, 0.3) is 0 Å². The molecule has 92 valence electrons. The van der Waals surface area contributed by atoms with Crippen LogP contribution in [-0.2, 0) is 5.54 Å². The molecule has 1 N–H and O–H groups in total. The quantitative estimate of drug-likeness (QED) is 0.865. The van der Waals surface area contributed by atoms with E-state index in [1.807, 2.05) is 7.05 Å². The van der Waals surface area contributed by atoms with Crippen LogP contribution in [0.5, 0.6) is 17.2 Å². The third-order valence-corrected chi connectivity index (χ3v) is 3.61. The third kappa shape index (κ3) is 1.63. The van der Waals surface area contributed by atoms with Crippen LogP contribution >= 0.6 is 0 Å². The SMILES string of the molecule is CNC1(c2cc(OC)c3c(c2)OCCO3)CC1. The van der Waals surface area contributed by atoms with Crippen LogP contribution in [0.4, 0.5) is 0 Å². The Labute approximate surface area is 101 Å². The Kier molecular flexibility index (Phi) is 2.40. The molecule has 0 spiro atoms. The van der Waals surface area contributed by atoms with Crippen LogP contribution in [-0.4, -0.2) is 27.4 Å². The molecule has 17 heavy (non-hydrogen) atoms. The van der Waals surface area contributed by atoms with Gasteiger partial charge in [-0.05, 0) is 37.6 Å². The predicted molar refractivity (Wildman–Crippen MR) is 64.0 cm³/mol. The second-order valence-corrected chi connectivity index (χ2v) is 4.53. The van der Waals surface area contributed by atoms with Crippen molar-refractivity contribution in [2.75, 3.05) is 27.4 Å². The molecule has 0 bridgehead atoms. The number of methoxy groups -OCH3 is 1. The van der Waals surface area contributed by atoms with E-state index in [2.05, 4.69) is 17.4 Å². The summed E-state index contributed by atoms with van der Waals surface area (Å²) in [5.74, 6) is 2.29. The van der Waals surface area contributed by atoms with Gasteiger partial charge in [0.15, 0.2) is 11.5 Å². The van der Waals surface area contributed by atoms with Gasteiger partial charge in [0.05, 0.1) is 7.11 Å². The highest BCUT2D eigenvalue weighted by Gasteiger charge is 2.43. The number of hydrogen-bond acceptors (Lipinski definition) is 4. The average Bonchev–Trinajstić information content (AvgIpc) is 3.18. The zero-order chi connectivity index (χ0) is 11.9. The van der Waals surface area contributed by atoms with Crippen molar-refractivity contribution in [3.63, 3.8) is 0 Å². The number of ether oxygens (including phenoxy) is 3. The maximum absolute atomic E-state index is 5.64. The Morgan fingerprint density at radius 2 is 2.00 bits per heavy atom. The number of benzene rings is 1. The molecule has 0 amide bonds. The lowest BCUT2D eigenvalue weighted by atomic mass is 10.0. The van der Waals surface area contributed by atoms with Gasteiger partial charge in [0, 0.05) is 5.54 Å². The topological polar surface area (TPSA) is 39.7 Å². The zero-order valence-electron chi connectivity index (χ0n) is 10.2. The van der Waals surface area contributed by atoms with E-state index in [0.717, 1.165) is 30.1 Å². The van der Waals surface area contributed by atoms with Gasteiger partial charge in [-0.25, -0.2) is 0 Å². The highest BCUT2D eigenvalue weighted by Crippen LogP contribution is 2.50. The van der Waals surface area contributed by atoms with E-state index in [1.54, 1.807) is 7.11 Å². The van der Waals surface area contributed by atoms with E-state index in [9.17, 15) is 0 Å². The van der Waals surface area contributed by atoms with Gasteiger partial charge in [-0.1, -0.05) is 0 Å². The fourth-order valence-corrected chi connectivity index (χ4v) is 2.36. The van der Waals surface area contributed by atoms with Gasteiger partial charge in [0.1, 0.15) is 13.2 Å². The van der Waals surface area contributed by atoms with E-state index in [1.165, 1.54) is 5.56 Å². The molecule has 1 aliphatic heterocycles. The normalized spacial score (nSPS) is 19.9. The Morgan fingerprint density at radius 3 is 2.65 bits per heavy atom. The molecular formula is C13H17NO3. The summed E-state index contributed by atoms with van der Waals surface area (Å²) in [7, 11) is 3.66. The van der Waals surface area contributed by atoms with Crippen molar-refractivity contribution >= 4 is 0 Å². The predicted octanol–water partition coefficient (Wildman–Crippen LogP) is 1.67. The Hall–Kier alpha value is -1.42. The van der Waals surface area contributed by atoms with Gasteiger partial charge < -0.3 is 19.5 Å². The number of hydrogen-bond donors (Lipinski definition) is 1. The summed E-state index contributed by atoms with van der Waals surface area (Å²) in [4.78, 5) is 0. The highest BCUT2D eigenvalue weighted by atomic mass is 16.6. The first kappa shape index (κ1) is 10.7. The van der Waals surface area contributed by atoms with Crippen LogP contribution in [0.3, 0.4) is 0 Å². The van der Waals surface area contributed by atoms with Gasteiger partial charge in [0.25, 0.3) is 0 Å². The van der Waals surface area contributed by atoms with Gasteiger partial charge in [-0.3, -0.25) is 0 Å². The molecular weight excluding hydrogens is 218 g/mol. The minimum Gasteiger partial charge on any atom is -0.493 e. The molecule has 1 aromatic carbocycles. The van der Waals surface area contributed by atoms with Crippen molar-refractivity contribution in [1.29, 1.82) is 0 Å². The molecule has 0 radical (unpaired) electrons. The van der Waals surface area contributed by atoms with Crippen LogP contribution in [0, 0.1) is 0 Å². The molecule has 4 heteroatoms. The molecule has 0 saturated heterocycles. The smallest absolute Gasteiger partial charge is 0.203 e. The lowest BCUT2D eigenvalue weighted by Gasteiger charge is -2.23. The van der Waals surface area contributed by atoms with Crippen molar-refractivity contribution in [1.82, 2.24) is 5.32 Å². The van der Waals surface area contributed by atoms with Crippen molar-refractivity contribution in [2.45, 2.75) is 18.4 Å². The summed E-state index contributed by atoms with van der Waals surface area (Å²) in [5, 5.41) is 3.37. The van der Waals surface area contributed by atoms with Crippen LogP contribution in [0.1, 0.15) is 18.4 Å². The first-order valence-electron chi connectivity index (χ1n) is 5.96. The molecule has 1 saturated carbocycles. The summed E-state index contributed by atoms with van der Waals surface area (Å²) in [5.41, 5.74) is 1.34. The summed E-state index contributed by atoms with van der Waals surface area (Å²) < 4.78 is 16.6. The van der Waals surface area contributed by atoms with Crippen molar-refractivity contribution < 1.29 is 14.2 Å². The minimum atomic E-state index is 0.114. The van der Waals surface area contributed by atoms with Crippen LogP contribution < -0.4 is 19.5 Å². The second kappa shape index (κ2) is 3.81. The molecule has 2 aliphatic rings. The molecule has 0 atom stereocenters. The molecule has 0 aromatic heterocycles. The molecule has 1 aliphatic carbocycles. The zero-order valence-corrected chi connectivity index (χ0v) is 10.2. The highest BCUT2D eigenvalue weighted by molar-refractivity contribution is 5.56. The Bertz CT molecular complexity index is 423. The molecule has 1 fully saturated rings. The molecule has 3 rings (SSSR count). The largest absolute Gasteiger partial charge is 0.493 e. The molecule has 0 unspecified atom stereocenters. The van der Waals surface area contributed by atoms with E-state index in [0.29, 0.717) is 13.2 Å². The van der Waals surface area contributed by atoms with Gasteiger partial charge >= 0.3 is 0 Å².